The lowest BCUT2D eigenvalue weighted by molar-refractivity contribution is 0.415. The van der Waals surface area contributed by atoms with Crippen LogP contribution >= 0.6 is 23.3 Å². The summed E-state index contributed by atoms with van der Waals surface area (Å²) < 4.78 is 10.6. The van der Waals surface area contributed by atoms with Gasteiger partial charge in [0.05, 0.1) is 17.3 Å². The highest BCUT2D eigenvalue weighted by molar-refractivity contribution is 7.99. The number of aromatic nitrogens is 1. The maximum Gasteiger partial charge on any atom is 0.166 e. The number of hydrogen-bond acceptors (Lipinski definition) is 5. The Morgan fingerprint density at radius 1 is 1.53 bits per heavy atom. The van der Waals surface area contributed by atoms with Crippen LogP contribution in [0.3, 0.4) is 0 Å². The molecule has 2 aromatic rings. The highest BCUT2D eigenvalue weighted by atomic mass is 32.2. The fourth-order valence-electron chi connectivity index (χ4n) is 1.19. The Morgan fingerprint density at radius 2 is 2.40 bits per heavy atom. The monoisotopic (exact) mass is 240 g/mol. The summed E-state index contributed by atoms with van der Waals surface area (Å²) in [5.74, 6) is 0.881. The predicted molar refractivity (Wildman–Crippen MR) is 65.7 cm³/mol. The molecule has 1 heterocycles. The van der Waals surface area contributed by atoms with Gasteiger partial charge >= 0.3 is 0 Å². The fourth-order valence-corrected chi connectivity index (χ4v) is 2.94. The molecule has 0 saturated heterocycles. The first-order valence-corrected chi connectivity index (χ1v) is 6.31. The molecule has 0 radical (unpaired) electrons. The molecule has 0 spiro atoms. The van der Waals surface area contributed by atoms with Crippen molar-refractivity contribution in [2.24, 2.45) is 0 Å². The maximum atomic E-state index is 5.17. The molecule has 0 aliphatic rings. The molecule has 1 N–H and O–H groups in total. The summed E-state index contributed by atoms with van der Waals surface area (Å²) in [6.07, 6.45) is 0. The van der Waals surface area contributed by atoms with Crippen LogP contribution in [0.4, 0.5) is 0 Å². The lowest BCUT2D eigenvalue weighted by Crippen LogP contribution is -1.99. The van der Waals surface area contributed by atoms with Crippen molar-refractivity contribution in [2.45, 2.75) is 11.3 Å². The van der Waals surface area contributed by atoms with Crippen LogP contribution in [-0.2, 0) is 0 Å². The fraction of sp³-hybridized carbons (Fsp3) is 0.300. The van der Waals surface area contributed by atoms with Gasteiger partial charge in [-0.3, -0.25) is 4.72 Å². The third kappa shape index (κ3) is 2.42. The maximum absolute atomic E-state index is 5.17. The minimum atomic E-state index is 0.881. The Labute approximate surface area is 97.0 Å². The third-order valence-corrected chi connectivity index (χ3v) is 3.89. The van der Waals surface area contributed by atoms with Crippen molar-refractivity contribution in [2.75, 3.05) is 13.7 Å². The summed E-state index contributed by atoms with van der Waals surface area (Å²) in [5.41, 5.74) is 1.03. The number of nitrogens with zero attached hydrogens (tertiary/aromatic N) is 1. The summed E-state index contributed by atoms with van der Waals surface area (Å²) in [7, 11) is 1.68. The highest BCUT2D eigenvalue weighted by Gasteiger charge is 2.04. The van der Waals surface area contributed by atoms with E-state index in [4.69, 9.17) is 4.74 Å². The van der Waals surface area contributed by atoms with Gasteiger partial charge in [-0.2, -0.15) is 0 Å². The van der Waals surface area contributed by atoms with Gasteiger partial charge in [0.2, 0.25) is 0 Å². The zero-order valence-electron chi connectivity index (χ0n) is 8.61. The van der Waals surface area contributed by atoms with Crippen molar-refractivity contribution >= 4 is 33.5 Å². The molecule has 1 aromatic heterocycles. The molecular formula is C10H12N2OS2. The lowest BCUT2D eigenvalue weighted by atomic mass is 10.3. The zero-order chi connectivity index (χ0) is 10.7. The van der Waals surface area contributed by atoms with Crippen LogP contribution in [0.1, 0.15) is 6.92 Å². The molecule has 5 heteroatoms. The van der Waals surface area contributed by atoms with E-state index in [9.17, 15) is 0 Å². The quantitative estimate of drug-likeness (QED) is 0.833. The number of thiazole rings is 1. The first kappa shape index (κ1) is 10.7. The van der Waals surface area contributed by atoms with Gasteiger partial charge in [0.1, 0.15) is 5.75 Å². The average Bonchev–Trinajstić information content (AvgIpc) is 2.67. The smallest absolute Gasteiger partial charge is 0.166 e. The van der Waals surface area contributed by atoms with Gasteiger partial charge in [-0.15, -0.1) is 11.3 Å². The van der Waals surface area contributed by atoms with Crippen molar-refractivity contribution in [1.82, 2.24) is 9.71 Å². The minimum absolute atomic E-state index is 0.881. The van der Waals surface area contributed by atoms with Gasteiger partial charge in [0.25, 0.3) is 0 Å². The lowest BCUT2D eigenvalue weighted by Gasteiger charge is -1.96. The number of ether oxygens (including phenoxy) is 1. The van der Waals surface area contributed by atoms with E-state index in [0.717, 1.165) is 26.9 Å². The molecule has 0 amide bonds. The van der Waals surface area contributed by atoms with Gasteiger partial charge in [0.15, 0.2) is 4.34 Å². The van der Waals surface area contributed by atoms with E-state index >= 15 is 0 Å². The molecule has 1 aromatic carbocycles. The first-order valence-electron chi connectivity index (χ1n) is 4.67. The van der Waals surface area contributed by atoms with Crippen LogP contribution in [0.15, 0.2) is 22.5 Å². The molecular weight excluding hydrogens is 228 g/mol. The Balaban J connectivity index is 2.29. The van der Waals surface area contributed by atoms with Crippen molar-refractivity contribution in [3.05, 3.63) is 18.2 Å². The van der Waals surface area contributed by atoms with E-state index in [1.807, 2.05) is 18.2 Å². The molecule has 0 saturated carbocycles. The third-order valence-electron chi connectivity index (χ3n) is 1.88. The second kappa shape index (κ2) is 4.83. The van der Waals surface area contributed by atoms with Gasteiger partial charge in [-0.05, 0) is 30.1 Å². The summed E-state index contributed by atoms with van der Waals surface area (Å²) in [5, 5.41) is 0. The van der Waals surface area contributed by atoms with E-state index in [0.29, 0.717) is 0 Å². The normalized spacial score (nSPS) is 10.8. The molecule has 0 atom stereocenters. The SMILES string of the molecule is CCNSc1nc2ccc(OC)cc2s1. The zero-order valence-corrected chi connectivity index (χ0v) is 10.2. The van der Waals surface area contributed by atoms with E-state index in [1.165, 1.54) is 0 Å². The van der Waals surface area contributed by atoms with Crippen LogP contribution < -0.4 is 9.46 Å². The van der Waals surface area contributed by atoms with Crippen LogP contribution in [-0.4, -0.2) is 18.6 Å². The van der Waals surface area contributed by atoms with Crippen molar-refractivity contribution in [1.29, 1.82) is 0 Å². The molecule has 0 aliphatic heterocycles. The largest absolute Gasteiger partial charge is 0.497 e. The number of fused-ring (bicyclic) bond motifs is 1. The second-order valence-corrected chi connectivity index (χ2v) is 5.08. The summed E-state index contributed by atoms with van der Waals surface area (Å²) in [6, 6.07) is 5.94. The first-order chi connectivity index (χ1) is 7.33. The Hall–Kier alpha value is -0.780. The number of methoxy groups -OCH3 is 1. The predicted octanol–water partition coefficient (Wildman–Crippen LogP) is 2.92. The molecule has 15 heavy (non-hydrogen) atoms. The number of nitrogens with one attached hydrogen (secondary N) is 1. The number of hydrogen-bond donors (Lipinski definition) is 1. The van der Waals surface area contributed by atoms with E-state index < -0.39 is 0 Å². The van der Waals surface area contributed by atoms with Crippen LogP contribution in [0, 0.1) is 0 Å². The summed E-state index contributed by atoms with van der Waals surface area (Å²) in [4.78, 5) is 4.49. The molecule has 0 bridgehead atoms. The van der Waals surface area contributed by atoms with Crippen LogP contribution in [0.5, 0.6) is 5.75 Å². The van der Waals surface area contributed by atoms with Crippen molar-refractivity contribution < 1.29 is 4.74 Å². The van der Waals surface area contributed by atoms with Gasteiger partial charge in [-0.1, -0.05) is 6.92 Å². The van der Waals surface area contributed by atoms with Crippen LogP contribution in [0.2, 0.25) is 0 Å². The van der Waals surface area contributed by atoms with Gasteiger partial charge < -0.3 is 4.74 Å². The number of rotatable bonds is 4. The molecule has 0 fully saturated rings. The van der Waals surface area contributed by atoms with Crippen molar-refractivity contribution in [3.8, 4) is 5.75 Å². The van der Waals surface area contributed by atoms with E-state index in [2.05, 4.69) is 16.6 Å². The average molecular weight is 240 g/mol. The topological polar surface area (TPSA) is 34.2 Å². The minimum Gasteiger partial charge on any atom is -0.497 e. The molecule has 80 valence electrons. The van der Waals surface area contributed by atoms with Gasteiger partial charge in [0, 0.05) is 6.54 Å². The number of benzene rings is 1. The highest BCUT2D eigenvalue weighted by Crippen LogP contribution is 2.30. The van der Waals surface area contributed by atoms with Crippen molar-refractivity contribution in [3.63, 3.8) is 0 Å². The standard InChI is InChI=1S/C10H12N2OS2/c1-3-11-15-10-12-8-5-4-7(13-2)6-9(8)14-10/h4-6,11H,3H2,1-2H3. The van der Waals surface area contributed by atoms with Crippen LogP contribution in [0.25, 0.3) is 10.2 Å². The Morgan fingerprint density at radius 3 is 3.13 bits per heavy atom. The Bertz CT molecular complexity index is 456. The van der Waals surface area contributed by atoms with E-state index in [-0.39, 0.29) is 0 Å². The van der Waals surface area contributed by atoms with E-state index in [1.54, 1.807) is 30.4 Å². The van der Waals surface area contributed by atoms with Gasteiger partial charge in [-0.25, -0.2) is 4.98 Å². The Kier molecular flexibility index (Phi) is 3.45. The molecule has 2 rings (SSSR count). The molecule has 0 unspecified atom stereocenters. The molecule has 0 aliphatic carbocycles. The second-order valence-electron chi connectivity index (χ2n) is 2.91. The molecule has 3 nitrogen and oxygen atoms in total. The summed E-state index contributed by atoms with van der Waals surface area (Å²) in [6.45, 7) is 3.01. The summed E-state index contributed by atoms with van der Waals surface area (Å²) >= 11 is 3.25.